The first-order valence-corrected chi connectivity index (χ1v) is 8.71. The van der Waals surface area contributed by atoms with Gasteiger partial charge in [-0.3, -0.25) is 0 Å². The molecule has 0 aliphatic heterocycles. The molecular formula is C12H24Si3. The maximum Gasteiger partial charge on any atom is 0.0154 e. The van der Waals surface area contributed by atoms with Crippen LogP contribution in [0.15, 0.2) is 38.0 Å². The summed E-state index contributed by atoms with van der Waals surface area (Å²) in [6.45, 7) is 12.2. The van der Waals surface area contributed by atoms with Gasteiger partial charge in [0.2, 0.25) is 0 Å². The zero-order valence-electron chi connectivity index (χ0n) is 10.5. The van der Waals surface area contributed by atoms with Gasteiger partial charge < -0.3 is 0 Å². The van der Waals surface area contributed by atoms with Gasteiger partial charge >= 0.3 is 0 Å². The van der Waals surface area contributed by atoms with Crippen LogP contribution < -0.4 is 0 Å². The second-order valence-electron chi connectivity index (χ2n) is 6.10. The molecule has 0 aromatic rings. The maximum absolute atomic E-state index is 4.05. The van der Waals surface area contributed by atoms with Crippen LogP contribution in [0.4, 0.5) is 0 Å². The molecule has 0 atom stereocenters. The average Bonchev–Trinajstić information content (AvgIpc) is 2.16. The van der Waals surface area contributed by atoms with Crippen LogP contribution in [0.3, 0.4) is 0 Å². The summed E-state index contributed by atoms with van der Waals surface area (Å²) < 4.78 is 0. The third kappa shape index (κ3) is 2.71. The highest BCUT2D eigenvalue weighted by molar-refractivity contribution is 6.24. The van der Waals surface area contributed by atoms with Crippen molar-refractivity contribution in [2.24, 2.45) is 0 Å². The summed E-state index contributed by atoms with van der Waals surface area (Å²) in [5, 5.41) is 1.26. The molecule has 0 bridgehead atoms. The highest BCUT2D eigenvalue weighted by Crippen LogP contribution is 2.62. The van der Waals surface area contributed by atoms with Crippen molar-refractivity contribution >= 4 is 30.7 Å². The van der Waals surface area contributed by atoms with E-state index in [1.807, 2.05) is 0 Å². The lowest BCUT2D eigenvalue weighted by molar-refractivity contribution is 0.335. The zero-order valence-corrected chi connectivity index (χ0v) is 16.5. The van der Waals surface area contributed by atoms with Crippen molar-refractivity contribution in [1.82, 2.24) is 0 Å². The lowest BCUT2D eigenvalue weighted by Crippen LogP contribution is -2.34. The Morgan fingerprint density at radius 1 is 0.667 bits per heavy atom. The van der Waals surface area contributed by atoms with Gasteiger partial charge in [0, 0.05) is 30.7 Å². The molecule has 0 amide bonds. The normalized spacial score (nSPS) is 46.4. The summed E-state index contributed by atoms with van der Waals surface area (Å²) in [6, 6.07) is 0. The van der Waals surface area contributed by atoms with E-state index in [2.05, 4.69) is 38.0 Å². The van der Waals surface area contributed by atoms with Crippen LogP contribution >= 0.6 is 0 Å². The van der Waals surface area contributed by atoms with Crippen LogP contribution in [0.25, 0.3) is 0 Å². The van der Waals surface area contributed by atoms with E-state index < -0.39 is 0 Å². The molecule has 3 heteroatoms. The third-order valence-electron chi connectivity index (χ3n) is 3.90. The minimum Gasteiger partial charge on any atom is -0.103 e. The smallest absolute Gasteiger partial charge is 0.0154 e. The van der Waals surface area contributed by atoms with Crippen LogP contribution in [0, 0.1) is 0 Å². The first kappa shape index (κ1) is 12.9. The molecule has 0 radical (unpaired) electrons. The fraction of sp³-hybridized carbons (Fsp3) is 0.500. The maximum atomic E-state index is 4.05. The number of allylic oxidation sites excluding steroid dienone is 3. The van der Waals surface area contributed by atoms with Gasteiger partial charge in [-0.25, -0.2) is 0 Å². The third-order valence-corrected chi connectivity index (χ3v) is 7.25. The molecule has 1 saturated carbocycles. The van der Waals surface area contributed by atoms with Crippen molar-refractivity contribution < 1.29 is 0 Å². The molecule has 1 rings (SSSR count). The van der Waals surface area contributed by atoms with Gasteiger partial charge in [-0.2, -0.15) is 0 Å². The quantitative estimate of drug-likeness (QED) is 0.501. The summed E-state index contributed by atoms with van der Waals surface area (Å²) in [6.07, 6.45) is 10.5. The molecule has 0 spiro atoms. The van der Waals surface area contributed by atoms with Gasteiger partial charge in [0.25, 0.3) is 0 Å². The van der Waals surface area contributed by atoms with Crippen molar-refractivity contribution in [3.05, 3.63) is 38.0 Å². The van der Waals surface area contributed by atoms with E-state index in [1.54, 1.807) is 0 Å². The predicted molar refractivity (Wildman–Crippen MR) is 82.3 cm³/mol. The Kier molecular flexibility index (Phi) is 3.48. The van der Waals surface area contributed by atoms with Gasteiger partial charge in [0.15, 0.2) is 0 Å². The van der Waals surface area contributed by atoms with Crippen LogP contribution in [0.5, 0.6) is 0 Å². The van der Waals surface area contributed by atoms with Gasteiger partial charge in [-0.1, -0.05) is 18.2 Å². The Morgan fingerprint density at radius 3 is 1.00 bits per heavy atom. The molecule has 0 N–H and O–H groups in total. The Bertz CT molecular complexity index is 240. The van der Waals surface area contributed by atoms with Crippen molar-refractivity contribution in [1.29, 1.82) is 0 Å². The lowest BCUT2D eigenvalue weighted by atomic mass is 9.73. The second kappa shape index (κ2) is 4.03. The molecule has 84 valence electrons. The first-order valence-electron chi connectivity index (χ1n) is 5.71. The van der Waals surface area contributed by atoms with E-state index in [0.717, 1.165) is 0 Å². The van der Waals surface area contributed by atoms with Crippen LogP contribution in [0.1, 0.15) is 19.3 Å². The van der Waals surface area contributed by atoms with Crippen molar-refractivity contribution in [3.63, 3.8) is 0 Å². The largest absolute Gasteiger partial charge is 0.103 e. The van der Waals surface area contributed by atoms with Crippen LogP contribution in [0.2, 0.25) is 15.1 Å². The van der Waals surface area contributed by atoms with E-state index in [-0.39, 0.29) is 0 Å². The summed E-state index contributed by atoms with van der Waals surface area (Å²) in [7, 11) is 3.64. The summed E-state index contributed by atoms with van der Waals surface area (Å²) in [5.74, 6) is 0. The highest BCUT2D eigenvalue weighted by Gasteiger charge is 2.44. The monoisotopic (exact) mass is 252 g/mol. The molecule has 15 heavy (non-hydrogen) atoms. The Morgan fingerprint density at radius 2 is 0.867 bits per heavy atom. The van der Waals surface area contributed by atoms with E-state index in [4.69, 9.17) is 0 Å². The highest BCUT2D eigenvalue weighted by atomic mass is 28.2. The van der Waals surface area contributed by atoms with Crippen LogP contribution in [-0.2, 0) is 0 Å². The molecule has 0 saturated heterocycles. The summed E-state index contributed by atoms with van der Waals surface area (Å²) in [5.41, 5.74) is 0. The van der Waals surface area contributed by atoms with Gasteiger partial charge in [-0.15, -0.1) is 19.7 Å². The molecule has 0 unspecified atom stereocenters. The van der Waals surface area contributed by atoms with Crippen molar-refractivity contribution in [3.8, 4) is 0 Å². The number of rotatable bonds is 3. The molecule has 1 aliphatic rings. The predicted octanol–water partition coefficient (Wildman–Crippen LogP) is 0.301. The molecule has 0 nitrogen and oxygen atoms in total. The van der Waals surface area contributed by atoms with Crippen molar-refractivity contribution in [2.75, 3.05) is 0 Å². The molecule has 1 fully saturated rings. The molecule has 0 heterocycles. The number of hydrogen-bond acceptors (Lipinski definition) is 0. The van der Waals surface area contributed by atoms with E-state index in [1.165, 1.54) is 50.0 Å². The standard InChI is InChI=1S/C12H24Si3/c1-4-10(13)7-11(14,5-2)9-12(15,6-3)8-10/h4-6H,1-3,7-9H2,13-15H3. The molecular weight excluding hydrogens is 228 g/mol. The Hall–Kier alpha value is -0.129. The van der Waals surface area contributed by atoms with Gasteiger partial charge in [0.05, 0.1) is 0 Å². The van der Waals surface area contributed by atoms with E-state index in [0.29, 0.717) is 15.1 Å². The van der Waals surface area contributed by atoms with Gasteiger partial charge in [-0.05, 0) is 34.4 Å². The minimum absolute atomic E-state index is 0.421. The summed E-state index contributed by atoms with van der Waals surface area (Å²) >= 11 is 0. The first-order chi connectivity index (χ1) is 6.80. The lowest BCUT2D eigenvalue weighted by Gasteiger charge is -2.50. The van der Waals surface area contributed by atoms with Crippen LogP contribution in [-0.4, -0.2) is 30.7 Å². The number of hydrogen-bond donors (Lipinski definition) is 0. The molecule has 0 aromatic heterocycles. The second-order valence-corrected chi connectivity index (χ2v) is 12.1. The average molecular weight is 253 g/mol. The fourth-order valence-electron chi connectivity index (χ4n) is 3.39. The Labute approximate surface area is 103 Å². The van der Waals surface area contributed by atoms with Crippen molar-refractivity contribution in [2.45, 2.75) is 34.4 Å². The molecule has 1 aliphatic carbocycles. The van der Waals surface area contributed by atoms with E-state index >= 15 is 0 Å². The zero-order chi connectivity index (χ0) is 11.7. The van der Waals surface area contributed by atoms with Gasteiger partial charge in [0.1, 0.15) is 0 Å². The summed E-state index contributed by atoms with van der Waals surface area (Å²) in [4.78, 5) is 0. The SMILES string of the molecule is C=CC1([SiH3])CC([SiH3])(C=C)CC([SiH3])(C=C)C1. The fourth-order valence-corrected chi connectivity index (χ4v) is 10.4. The van der Waals surface area contributed by atoms with E-state index in [9.17, 15) is 0 Å². The Balaban J connectivity index is 3.07. The minimum atomic E-state index is 0.421. The molecule has 0 aromatic carbocycles. The topological polar surface area (TPSA) is 0 Å².